The first-order valence-corrected chi connectivity index (χ1v) is 7.88. The highest BCUT2D eigenvalue weighted by Crippen LogP contribution is 2.33. The number of aromatic nitrogens is 2. The number of benzene rings is 2. The van der Waals surface area contributed by atoms with Crippen LogP contribution in [-0.2, 0) is 0 Å². The Hall–Kier alpha value is -2.25. The Kier molecular flexibility index (Phi) is 4.17. The summed E-state index contributed by atoms with van der Waals surface area (Å²) < 4.78 is 1.01. The molecule has 7 heteroatoms. The van der Waals surface area contributed by atoms with Crippen molar-refractivity contribution < 1.29 is 10.2 Å². The molecule has 2 N–H and O–H groups in total. The van der Waals surface area contributed by atoms with Gasteiger partial charge in [-0.2, -0.15) is 0 Å². The van der Waals surface area contributed by atoms with Crippen LogP contribution in [0, 0.1) is 0 Å². The van der Waals surface area contributed by atoms with Crippen LogP contribution in [-0.4, -0.2) is 26.6 Å². The van der Waals surface area contributed by atoms with Gasteiger partial charge in [0.1, 0.15) is 5.01 Å². The van der Waals surface area contributed by atoms with E-state index in [1.807, 2.05) is 24.3 Å². The first kappa shape index (κ1) is 14.7. The van der Waals surface area contributed by atoms with Gasteiger partial charge in [-0.3, -0.25) is 0 Å². The molecule has 0 unspecified atom stereocenters. The van der Waals surface area contributed by atoms with Crippen molar-refractivity contribution in [2.45, 2.75) is 0 Å². The molecular formula is C15H10BrN3O2S. The minimum atomic E-state index is -0.187. The van der Waals surface area contributed by atoms with E-state index in [9.17, 15) is 10.2 Å². The molecule has 3 aromatic rings. The Morgan fingerprint density at radius 2 is 1.77 bits per heavy atom. The SMILES string of the molecule is Oc1ccc(-c2nnc(N=Cc3ccc(Br)cc3)s2)cc1O. The molecule has 1 aromatic heterocycles. The summed E-state index contributed by atoms with van der Waals surface area (Å²) in [4.78, 5) is 4.29. The Morgan fingerprint density at radius 1 is 1.00 bits per heavy atom. The van der Waals surface area contributed by atoms with Crippen molar-refractivity contribution in [3.63, 3.8) is 0 Å². The highest BCUT2D eigenvalue weighted by atomic mass is 79.9. The van der Waals surface area contributed by atoms with E-state index in [1.165, 1.54) is 23.5 Å². The fourth-order valence-electron chi connectivity index (χ4n) is 1.72. The second-order valence-electron chi connectivity index (χ2n) is 4.40. The minimum absolute atomic E-state index is 0.165. The maximum atomic E-state index is 9.52. The van der Waals surface area contributed by atoms with Gasteiger partial charge in [-0.25, -0.2) is 4.99 Å². The van der Waals surface area contributed by atoms with Gasteiger partial charge in [-0.1, -0.05) is 39.4 Å². The maximum absolute atomic E-state index is 9.52. The molecule has 0 spiro atoms. The lowest BCUT2D eigenvalue weighted by Crippen LogP contribution is -1.78. The normalized spacial score (nSPS) is 11.1. The fourth-order valence-corrected chi connectivity index (χ4v) is 2.67. The van der Waals surface area contributed by atoms with Crippen LogP contribution in [0.15, 0.2) is 51.9 Å². The Labute approximate surface area is 138 Å². The van der Waals surface area contributed by atoms with Crippen LogP contribution in [0.5, 0.6) is 11.5 Å². The van der Waals surface area contributed by atoms with Crippen molar-refractivity contribution >= 4 is 38.6 Å². The molecular weight excluding hydrogens is 366 g/mol. The van der Waals surface area contributed by atoms with E-state index in [-0.39, 0.29) is 11.5 Å². The molecule has 2 aromatic carbocycles. The zero-order valence-electron chi connectivity index (χ0n) is 11.1. The smallest absolute Gasteiger partial charge is 0.231 e. The third-order valence-corrected chi connectivity index (χ3v) is 4.24. The van der Waals surface area contributed by atoms with E-state index in [4.69, 9.17) is 0 Å². The van der Waals surface area contributed by atoms with Gasteiger partial charge in [-0.15, -0.1) is 10.2 Å². The van der Waals surface area contributed by atoms with Crippen molar-refractivity contribution in [3.8, 4) is 22.1 Å². The molecule has 0 aliphatic heterocycles. The van der Waals surface area contributed by atoms with Gasteiger partial charge in [0.15, 0.2) is 11.5 Å². The number of hydrogen-bond acceptors (Lipinski definition) is 6. The summed E-state index contributed by atoms with van der Waals surface area (Å²) in [5, 5.41) is 28.0. The van der Waals surface area contributed by atoms with E-state index in [0.717, 1.165) is 10.0 Å². The summed E-state index contributed by atoms with van der Waals surface area (Å²) in [6.07, 6.45) is 1.71. The molecule has 5 nitrogen and oxygen atoms in total. The van der Waals surface area contributed by atoms with E-state index in [1.54, 1.807) is 12.3 Å². The number of aliphatic imine (C=N–C) groups is 1. The zero-order valence-corrected chi connectivity index (χ0v) is 13.5. The lowest BCUT2D eigenvalue weighted by Gasteiger charge is -1.98. The average Bonchev–Trinajstić information content (AvgIpc) is 2.98. The largest absolute Gasteiger partial charge is 0.504 e. The lowest BCUT2D eigenvalue weighted by molar-refractivity contribution is 0.404. The number of phenols is 2. The number of nitrogens with zero attached hydrogens (tertiary/aromatic N) is 3. The van der Waals surface area contributed by atoms with Crippen LogP contribution in [0.4, 0.5) is 5.13 Å². The van der Waals surface area contributed by atoms with Crippen molar-refractivity contribution in [2.75, 3.05) is 0 Å². The van der Waals surface area contributed by atoms with Crippen LogP contribution in [0.3, 0.4) is 0 Å². The molecule has 110 valence electrons. The third-order valence-electron chi connectivity index (χ3n) is 2.83. The lowest BCUT2D eigenvalue weighted by atomic mass is 10.2. The van der Waals surface area contributed by atoms with Gasteiger partial charge in [0, 0.05) is 16.3 Å². The molecule has 1 heterocycles. The second-order valence-corrected chi connectivity index (χ2v) is 6.27. The van der Waals surface area contributed by atoms with E-state index in [2.05, 4.69) is 31.1 Å². The standard InChI is InChI=1S/C15H10BrN3O2S/c16-11-4-1-9(2-5-11)8-17-15-19-18-14(22-15)10-3-6-12(20)13(21)7-10/h1-8,20-21H. The zero-order chi connectivity index (χ0) is 15.5. The first-order valence-electron chi connectivity index (χ1n) is 6.27. The molecule has 0 fully saturated rings. The first-order chi connectivity index (χ1) is 10.6. The van der Waals surface area contributed by atoms with E-state index >= 15 is 0 Å². The van der Waals surface area contributed by atoms with Gasteiger partial charge in [-0.05, 0) is 35.9 Å². The quantitative estimate of drug-likeness (QED) is 0.532. The van der Waals surface area contributed by atoms with Crippen molar-refractivity contribution in [1.29, 1.82) is 0 Å². The van der Waals surface area contributed by atoms with Gasteiger partial charge < -0.3 is 10.2 Å². The van der Waals surface area contributed by atoms with Crippen LogP contribution < -0.4 is 0 Å². The van der Waals surface area contributed by atoms with E-state index < -0.39 is 0 Å². The minimum Gasteiger partial charge on any atom is -0.504 e. The molecule has 0 saturated carbocycles. The Morgan fingerprint density at radius 3 is 2.50 bits per heavy atom. The van der Waals surface area contributed by atoms with Gasteiger partial charge in [0.2, 0.25) is 5.13 Å². The highest BCUT2D eigenvalue weighted by molar-refractivity contribution is 9.10. The molecule has 0 aliphatic rings. The average molecular weight is 376 g/mol. The number of rotatable bonds is 3. The fraction of sp³-hybridized carbons (Fsp3) is 0. The Bertz CT molecular complexity index is 831. The summed E-state index contributed by atoms with van der Waals surface area (Å²) in [6.45, 7) is 0. The number of hydrogen-bond donors (Lipinski definition) is 2. The summed E-state index contributed by atoms with van der Waals surface area (Å²) >= 11 is 4.68. The highest BCUT2D eigenvalue weighted by Gasteiger charge is 2.08. The maximum Gasteiger partial charge on any atom is 0.231 e. The van der Waals surface area contributed by atoms with E-state index in [0.29, 0.717) is 15.7 Å². The van der Waals surface area contributed by atoms with Crippen molar-refractivity contribution in [2.24, 2.45) is 4.99 Å². The second kappa shape index (κ2) is 6.25. The molecule has 0 atom stereocenters. The van der Waals surface area contributed by atoms with Crippen LogP contribution >= 0.6 is 27.3 Å². The van der Waals surface area contributed by atoms with Crippen molar-refractivity contribution in [3.05, 3.63) is 52.5 Å². The monoisotopic (exact) mass is 375 g/mol. The van der Waals surface area contributed by atoms with Crippen LogP contribution in [0.2, 0.25) is 0 Å². The van der Waals surface area contributed by atoms with Crippen LogP contribution in [0.1, 0.15) is 5.56 Å². The number of phenolic OH excluding ortho intramolecular Hbond substituents is 2. The molecule has 0 aliphatic carbocycles. The summed E-state index contributed by atoms with van der Waals surface area (Å²) in [6, 6.07) is 12.3. The molecule has 0 bridgehead atoms. The topological polar surface area (TPSA) is 78.6 Å². The predicted octanol–water partition coefficient (Wildman–Crippen LogP) is 4.13. The summed E-state index contributed by atoms with van der Waals surface area (Å²) in [5.74, 6) is -0.352. The van der Waals surface area contributed by atoms with Gasteiger partial charge >= 0.3 is 0 Å². The molecule has 0 saturated heterocycles. The predicted molar refractivity (Wildman–Crippen MR) is 90.1 cm³/mol. The third kappa shape index (κ3) is 3.32. The molecule has 0 amide bonds. The van der Waals surface area contributed by atoms with Crippen molar-refractivity contribution in [1.82, 2.24) is 10.2 Å². The van der Waals surface area contributed by atoms with Crippen LogP contribution in [0.25, 0.3) is 10.6 Å². The summed E-state index contributed by atoms with van der Waals surface area (Å²) in [7, 11) is 0. The number of aromatic hydroxyl groups is 2. The molecule has 22 heavy (non-hydrogen) atoms. The summed E-state index contributed by atoms with van der Waals surface area (Å²) in [5.41, 5.74) is 1.64. The molecule has 0 radical (unpaired) electrons. The van der Waals surface area contributed by atoms with Gasteiger partial charge in [0.25, 0.3) is 0 Å². The van der Waals surface area contributed by atoms with Gasteiger partial charge in [0.05, 0.1) is 0 Å². The number of halogens is 1. The Balaban J connectivity index is 1.81. The molecule has 3 rings (SSSR count).